The van der Waals surface area contributed by atoms with Crippen LogP contribution in [-0.2, 0) is 11.3 Å². The van der Waals surface area contributed by atoms with E-state index in [9.17, 15) is 20.0 Å². The van der Waals surface area contributed by atoms with Gasteiger partial charge in [0.15, 0.2) is 5.82 Å². The molecule has 0 saturated carbocycles. The second kappa shape index (κ2) is 9.47. The number of rotatable bonds is 3. The van der Waals surface area contributed by atoms with Gasteiger partial charge in [-0.1, -0.05) is 6.07 Å². The van der Waals surface area contributed by atoms with E-state index in [4.69, 9.17) is 15.7 Å². The second-order valence-electron chi connectivity index (χ2n) is 9.99. The first-order valence-corrected chi connectivity index (χ1v) is 11.8. The fourth-order valence-electron chi connectivity index (χ4n) is 4.10. The Morgan fingerprint density at radius 1 is 1.31 bits per heavy atom. The summed E-state index contributed by atoms with van der Waals surface area (Å²) in [6, 6.07) is 7.87. The number of anilines is 1. The van der Waals surface area contributed by atoms with Crippen molar-refractivity contribution in [3.8, 4) is 23.0 Å². The number of hydrogen-bond donors (Lipinski definition) is 1. The third-order valence-corrected chi connectivity index (χ3v) is 5.70. The predicted molar refractivity (Wildman–Crippen MR) is 140 cm³/mol. The molecule has 0 radical (unpaired) electrons. The number of halogens is 1. The Morgan fingerprint density at radius 3 is 2.79 bits per heavy atom. The highest BCUT2D eigenvalue weighted by Gasteiger charge is 2.39. The molecule has 0 aliphatic carbocycles. The van der Waals surface area contributed by atoms with E-state index in [1.54, 1.807) is 20.8 Å². The van der Waals surface area contributed by atoms with Crippen LogP contribution in [0.4, 0.5) is 15.0 Å². The number of ether oxygens (including phenoxy) is 1. The van der Waals surface area contributed by atoms with Gasteiger partial charge in [0, 0.05) is 33.5 Å². The van der Waals surface area contributed by atoms with E-state index in [-0.39, 0.29) is 38.7 Å². The van der Waals surface area contributed by atoms with Crippen molar-refractivity contribution in [3.63, 3.8) is 0 Å². The Balaban J connectivity index is 1.72. The standard InChI is InChI=1S/C28H29FN6O4/c1-27(2,3)39-26(37)34-15-20-24(25(34)36)21(13-19(31-20)23-17(14-30)7-5-8-18(23)29)35-12-9-22(32-35)33-11-6-10-28(4,38)16-33/h5,7-9,12-13,38H,6,10-11,15-16H2,1-4H3/i6D2,10D2,11D2,16D2. The fourth-order valence-corrected chi connectivity index (χ4v) is 4.10. The van der Waals surface area contributed by atoms with Crippen LogP contribution in [0.25, 0.3) is 16.9 Å². The Hall–Kier alpha value is -4.30. The molecule has 1 unspecified atom stereocenters. The van der Waals surface area contributed by atoms with E-state index in [0.29, 0.717) is 6.92 Å². The van der Waals surface area contributed by atoms with Crippen LogP contribution in [0.5, 0.6) is 0 Å². The molecule has 3 aromatic rings. The first-order chi connectivity index (χ1) is 21.4. The van der Waals surface area contributed by atoms with Gasteiger partial charge in [0.1, 0.15) is 11.4 Å². The lowest BCUT2D eigenvalue weighted by atomic mass is 9.95. The number of β-amino-alcohol motifs (C(OH)–C–C–N with tert-alkyl or cyclic N) is 1. The van der Waals surface area contributed by atoms with Crippen LogP contribution in [0.1, 0.15) is 73.0 Å². The van der Waals surface area contributed by atoms with Crippen LogP contribution >= 0.6 is 0 Å². The molecule has 4 heterocycles. The van der Waals surface area contributed by atoms with Crippen molar-refractivity contribution in [2.45, 2.75) is 58.2 Å². The van der Waals surface area contributed by atoms with Gasteiger partial charge >= 0.3 is 6.09 Å². The van der Waals surface area contributed by atoms with Crippen molar-refractivity contribution in [3.05, 3.63) is 59.2 Å². The number of hydrogen-bond acceptors (Lipinski definition) is 8. The Labute approximate surface area is 236 Å². The lowest BCUT2D eigenvalue weighted by molar-refractivity contribution is 0.0246. The zero-order valence-electron chi connectivity index (χ0n) is 29.4. The van der Waals surface area contributed by atoms with Crippen LogP contribution in [0.15, 0.2) is 36.5 Å². The van der Waals surface area contributed by atoms with E-state index in [0.717, 1.165) is 27.9 Å². The maximum atomic E-state index is 15.2. The maximum absolute atomic E-state index is 15.2. The van der Waals surface area contributed by atoms with Gasteiger partial charge in [-0.05, 0) is 58.6 Å². The lowest BCUT2D eigenvalue weighted by Gasteiger charge is -2.36. The molecule has 1 aromatic carbocycles. The topological polar surface area (TPSA) is 125 Å². The summed E-state index contributed by atoms with van der Waals surface area (Å²) >= 11 is 0. The fraction of sp³-hybridized carbons (Fsp3) is 0.393. The molecule has 1 atom stereocenters. The molecule has 1 fully saturated rings. The molecule has 39 heavy (non-hydrogen) atoms. The average molecular weight is 541 g/mol. The normalized spacial score (nSPS) is 27.4. The number of pyridine rings is 1. The van der Waals surface area contributed by atoms with Gasteiger partial charge in [0.05, 0.1) is 54.7 Å². The SMILES string of the molecule is [2H]C1([2H])N(c2ccn(-c3cc(-c4c(F)cccc4C#N)nc4c3C(=O)N(C(=O)OC(C)(C)C)C4)n2)C([2H])([2H])C(C)(O)C([2H])([2H])C1([2H])[2H]. The number of nitriles is 1. The summed E-state index contributed by atoms with van der Waals surface area (Å²) in [5.74, 6) is -2.32. The third kappa shape index (κ3) is 5.07. The number of aliphatic hydroxyl groups is 1. The molecule has 2 aromatic heterocycles. The van der Waals surface area contributed by atoms with Crippen LogP contribution in [0.3, 0.4) is 0 Å². The minimum absolute atomic E-state index is 0.0337. The summed E-state index contributed by atoms with van der Waals surface area (Å²) in [5.41, 5.74) is -4.96. The van der Waals surface area contributed by atoms with Crippen molar-refractivity contribution in [1.82, 2.24) is 19.7 Å². The van der Waals surface area contributed by atoms with Gasteiger partial charge in [0.25, 0.3) is 5.91 Å². The quantitative estimate of drug-likeness (QED) is 0.525. The molecule has 11 heteroatoms. The summed E-state index contributed by atoms with van der Waals surface area (Å²) < 4.78 is 88.6. The highest BCUT2D eigenvalue weighted by molar-refractivity contribution is 6.08. The molecule has 202 valence electrons. The molecular weight excluding hydrogens is 503 g/mol. The summed E-state index contributed by atoms with van der Waals surface area (Å²) in [5, 5.41) is 24.9. The van der Waals surface area contributed by atoms with E-state index in [1.807, 2.05) is 6.07 Å². The number of fused-ring (bicyclic) bond motifs is 1. The van der Waals surface area contributed by atoms with Crippen LogP contribution in [0, 0.1) is 17.1 Å². The second-order valence-corrected chi connectivity index (χ2v) is 9.99. The van der Waals surface area contributed by atoms with E-state index in [2.05, 4.69) is 10.1 Å². The van der Waals surface area contributed by atoms with Gasteiger partial charge in [-0.2, -0.15) is 10.4 Å². The number of piperidine rings is 1. The van der Waals surface area contributed by atoms with E-state index in [1.165, 1.54) is 18.2 Å². The largest absolute Gasteiger partial charge is 0.443 e. The van der Waals surface area contributed by atoms with Crippen molar-refractivity contribution < 1.29 is 34.8 Å². The molecule has 0 bridgehead atoms. The Morgan fingerprint density at radius 2 is 2.08 bits per heavy atom. The first kappa shape index (κ1) is 18.1. The number of carbonyl (C=O) groups is 2. The van der Waals surface area contributed by atoms with Crippen molar-refractivity contribution in [2.24, 2.45) is 0 Å². The van der Waals surface area contributed by atoms with Gasteiger partial charge in [0.2, 0.25) is 0 Å². The number of amides is 2. The maximum Gasteiger partial charge on any atom is 0.417 e. The molecule has 2 aliphatic heterocycles. The van der Waals surface area contributed by atoms with E-state index < -0.39 is 67.1 Å². The molecule has 2 aliphatic rings. The number of carbonyl (C=O) groups excluding carboxylic acids is 2. The molecule has 0 spiro atoms. The highest BCUT2D eigenvalue weighted by Crippen LogP contribution is 2.35. The molecule has 1 N–H and O–H groups in total. The van der Waals surface area contributed by atoms with Gasteiger partial charge in [-0.3, -0.25) is 4.79 Å². The van der Waals surface area contributed by atoms with Crippen LogP contribution in [0.2, 0.25) is 0 Å². The van der Waals surface area contributed by atoms with Crippen molar-refractivity contribution in [2.75, 3.05) is 17.9 Å². The Bertz CT molecular complexity index is 1840. The highest BCUT2D eigenvalue weighted by atomic mass is 19.1. The number of aromatic nitrogens is 3. The molecule has 1 saturated heterocycles. The number of imide groups is 1. The summed E-state index contributed by atoms with van der Waals surface area (Å²) in [6.45, 7) is -1.66. The summed E-state index contributed by atoms with van der Waals surface area (Å²) in [4.78, 5) is 32.0. The van der Waals surface area contributed by atoms with Gasteiger partial charge < -0.3 is 14.7 Å². The molecule has 5 rings (SSSR count). The molecule has 10 nitrogen and oxygen atoms in total. The number of nitrogens with zero attached hydrogens (tertiary/aromatic N) is 6. The van der Waals surface area contributed by atoms with Crippen molar-refractivity contribution >= 4 is 17.8 Å². The summed E-state index contributed by atoms with van der Waals surface area (Å²) in [6.07, 6.45) is -6.79. The third-order valence-electron chi connectivity index (χ3n) is 5.70. The smallest absolute Gasteiger partial charge is 0.417 e. The minimum Gasteiger partial charge on any atom is -0.443 e. The summed E-state index contributed by atoms with van der Waals surface area (Å²) in [7, 11) is 0. The molecular formula is C28H29FN6O4. The van der Waals surface area contributed by atoms with E-state index >= 15 is 4.39 Å². The zero-order chi connectivity index (χ0) is 35.3. The average Bonchev–Trinajstić information content (AvgIpc) is 3.55. The molecule has 2 amide bonds. The lowest BCUT2D eigenvalue weighted by Crippen LogP contribution is -2.46. The monoisotopic (exact) mass is 540 g/mol. The number of benzene rings is 1. The minimum atomic E-state index is -3.49. The van der Waals surface area contributed by atoms with Gasteiger partial charge in [-0.15, -0.1) is 0 Å². The zero-order valence-corrected chi connectivity index (χ0v) is 21.4. The van der Waals surface area contributed by atoms with Crippen molar-refractivity contribution in [1.29, 1.82) is 5.26 Å². The van der Waals surface area contributed by atoms with Gasteiger partial charge in [-0.25, -0.2) is 23.8 Å². The first-order valence-electron chi connectivity index (χ1n) is 15.8. The van der Waals surface area contributed by atoms with Crippen LogP contribution in [-0.4, -0.2) is 61.0 Å². The van der Waals surface area contributed by atoms with Crippen LogP contribution < -0.4 is 4.90 Å². The Kier molecular flexibility index (Phi) is 4.39. The predicted octanol–water partition coefficient (Wildman–Crippen LogP) is 4.19.